The second-order valence-corrected chi connectivity index (χ2v) is 8.26. The van der Waals surface area contributed by atoms with Crippen molar-refractivity contribution in [2.75, 3.05) is 18.8 Å². The van der Waals surface area contributed by atoms with E-state index in [1.807, 2.05) is 49.6 Å². The quantitative estimate of drug-likeness (QED) is 0.573. The van der Waals surface area contributed by atoms with Crippen molar-refractivity contribution in [3.63, 3.8) is 0 Å². The first-order valence-electron chi connectivity index (χ1n) is 11.0. The lowest BCUT2D eigenvalue weighted by Gasteiger charge is -2.25. The van der Waals surface area contributed by atoms with Crippen LogP contribution in [0.15, 0.2) is 58.3 Å². The van der Waals surface area contributed by atoms with E-state index in [0.717, 1.165) is 35.2 Å². The molecule has 1 aliphatic heterocycles. The number of nitrogens with zero attached hydrogens (tertiary/aromatic N) is 4. The van der Waals surface area contributed by atoms with Crippen LogP contribution in [0.2, 0.25) is 0 Å². The number of likely N-dealkylation sites (tertiary alicyclic amines) is 1. The molecule has 168 valence electrons. The van der Waals surface area contributed by atoms with Crippen molar-refractivity contribution in [2.24, 2.45) is 7.05 Å². The highest BCUT2D eigenvalue weighted by molar-refractivity contribution is 6.01. The minimum absolute atomic E-state index is 0.0619. The molecule has 2 N–H and O–H groups in total. The van der Waals surface area contributed by atoms with E-state index in [1.165, 1.54) is 4.57 Å². The van der Waals surface area contributed by atoms with E-state index < -0.39 is 11.2 Å². The molecule has 1 fully saturated rings. The molecule has 0 spiro atoms. The first kappa shape index (κ1) is 21.8. The van der Waals surface area contributed by atoms with E-state index in [-0.39, 0.29) is 42.8 Å². The third-order valence-electron chi connectivity index (χ3n) is 6.28. The van der Waals surface area contributed by atoms with Crippen molar-refractivity contribution < 1.29 is 4.79 Å². The summed E-state index contributed by atoms with van der Waals surface area (Å²) in [6.45, 7) is 2.94. The number of aryl methyl sites for hydroxylation is 1. The molecule has 1 aliphatic rings. The number of benzene rings is 1. The van der Waals surface area contributed by atoms with Gasteiger partial charge in [0.05, 0.1) is 19.1 Å². The molecule has 3 aromatic rings. The van der Waals surface area contributed by atoms with Gasteiger partial charge >= 0.3 is 5.69 Å². The molecule has 0 unspecified atom stereocenters. The van der Waals surface area contributed by atoms with Crippen LogP contribution >= 0.6 is 0 Å². The van der Waals surface area contributed by atoms with Crippen molar-refractivity contribution in [1.82, 2.24) is 18.6 Å². The summed E-state index contributed by atoms with van der Waals surface area (Å²) in [7, 11) is 1.99. The Kier molecular flexibility index (Phi) is 6.14. The molecule has 8 nitrogen and oxygen atoms in total. The first-order valence-corrected chi connectivity index (χ1v) is 11.0. The zero-order valence-corrected chi connectivity index (χ0v) is 18.5. The number of hydrogen-bond donors (Lipinski definition) is 1. The van der Waals surface area contributed by atoms with E-state index in [4.69, 9.17) is 5.73 Å². The standard InChI is InChI=1S/C24H29N5O3/c1-3-28-23(31)21(22(25)29(24(28)32)15-17-9-5-4-6-10-17)20(30)16-27-14-8-12-19(27)18-11-7-13-26(18)2/h4-7,9-11,13,19H,3,8,12,14-16,25H2,1-2H3/t19-/m0/s1. The Balaban J connectivity index is 1.70. The number of hydrogen-bond acceptors (Lipinski definition) is 5. The summed E-state index contributed by atoms with van der Waals surface area (Å²) in [5, 5.41) is 0. The minimum Gasteiger partial charge on any atom is -0.384 e. The molecular weight excluding hydrogens is 406 g/mol. The molecule has 1 atom stereocenters. The topological polar surface area (TPSA) is 95.3 Å². The van der Waals surface area contributed by atoms with Gasteiger partial charge in [-0.3, -0.25) is 23.6 Å². The monoisotopic (exact) mass is 435 g/mol. The van der Waals surface area contributed by atoms with Crippen LogP contribution in [0.4, 0.5) is 5.82 Å². The van der Waals surface area contributed by atoms with Gasteiger partial charge < -0.3 is 10.3 Å². The summed E-state index contributed by atoms with van der Waals surface area (Å²) in [6, 6.07) is 13.6. The third-order valence-corrected chi connectivity index (χ3v) is 6.28. The summed E-state index contributed by atoms with van der Waals surface area (Å²) in [5.41, 5.74) is 7.09. The van der Waals surface area contributed by atoms with Crippen molar-refractivity contribution in [3.8, 4) is 0 Å². The number of rotatable bonds is 7. The highest BCUT2D eigenvalue weighted by atomic mass is 16.2. The van der Waals surface area contributed by atoms with Crippen LogP contribution in [0.1, 0.15) is 47.4 Å². The van der Waals surface area contributed by atoms with Gasteiger partial charge in [-0.15, -0.1) is 0 Å². The first-order chi connectivity index (χ1) is 15.4. The second-order valence-electron chi connectivity index (χ2n) is 8.26. The Hall–Kier alpha value is -3.39. The lowest BCUT2D eigenvalue weighted by atomic mass is 10.1. The maximum absolute atomic E-state index is 13.4. The van der Waals surface area contributed by atoms with Crippen LogP contribution in [-0.4, -0.2) is 37.5 Å². The number of anilines is 1. The Morgan fingerprint density at radius 1 is 1.09 bits per heavy atom. The van der Waals surface area contributed by atoms with E-state index in [9.17, 15) is 14.4 Å². The smallest absolute Gasteiger partial charge is 0.332 e. The number of nitrogen functional groups attached to an aromatic ring is 1. The summed E-state index contributed by atoms with van der Waals surface area (Å²) >= 11 is 0. The summed E-state index contributed by atoms with van der Waals surface area (Å²) in [6.07, 6.45) is 3.92. The van der Waals surface area contributed by atoms with Crippen molar-refractivity contribution >= 4 is 11.6 Å². The SMILES string of the molecule is CCn1c(=O)c(C(=O)CN2CCC[C@H]2c2cccn2C)c(N)n(Cc2ccccc2)c1=O. The Morgan fingerprint density at radius 3 is 2.50 bits per heavy atom. The van der Waals surface area contributed by atoms with E-state index in [0.29, 0.717) is 0 Å². The maximum Gasteiger partial charge on any atom is 0.332 e. The normalized spacial score (nSPS) is 16.5. The Morgan fingerprint density at radius 2 is 1.84 bits per heavy atom. The number of nitrogens with two attached hydrogens (primary N) is 1. The number of carbonyl (C=O) groups is 1. The summed E-state index contributed by atoms with van der Waals surface area (Å²) in [4.78, 5) is 41.4. The fraction of sp³-hybridized carbons (Fsp3) is 0.375. The van der Waals surface area contributed by atoms with Crippen LogP contribution in [0.3, 0.4) is 0 Å². The number of aromatic nitrogens is 3. The van der Waals surface area contributed by atoms with Gasteiger partial charge in [0, 0.05) is 25.5 Å². The maximum atomic E-state index is 13.4. The molecule has 0 bridgehead atoms. The van der Waals surface area contributed by atoms with Gasteiger partial charge in [-0.05, 0) is 44.0 Å². The molecule has 8 heteroatoms. The molecule has 4 rings (SSSR count). The lowest BCUT2D eigenvalue weighted by Crippen LogP contribution is -2.45. The molecule has 1 aromatic carbocycles. The fourth-order valence-electron chi connectivity index (χ4n) is 4.61. The summed E-state index contributed by atoms with van der Waals surface area (Å²) < 4.78 is 4.48. The molecule has 1 saturated heterocycles. The number of carbonyl (C=O) groups excluding carboxylic acids is 1. The van der Waals surface area contributed by atoms with Gasteiger partial charge in [0.1, 0.15) is 11.4 Å². The van der Waals surface area contributed by atoms with Crippen molar-refractivity contribution in [1.29, 1.82) is 0 Å². The van der Waals surface area contributed by atoms with Gasteiger partial charge in [-0.25, -0.2) is 4.79 Å². The molecule has 2 aromatic heterocycles. The van der Waals surface area contributed by atoms with Crippen molar-refractivity contribution in [3.05, 3.63) is 86.3 Å². The Bertz CT molecular complexity index is 1240. The minimum atomic E-state index is -0.612. The van der Waals surface area contributed by atoms with Gasteiger partial charge in [0.2, 0.25) is 0 Å². The third kappa shape index (κ3) is 3.93. The van der Waals surface area contributed by atoms with Gasteiger partial charge in [0.15, 0.2) is 5.78 Å². The number of Topliss-reactive ketones (excluding diaryl/α,β-unsaturated/α-hetero) is 1. The predicted molar refractivity (Wildman–Crippen MR) is 124 cm³/mol. The van der Waals surface area contributed by atoms with Crippen LogP contribution in [0.25, 0.3) is 0 Å². The van der Waals surface area contributed by atoms with Gasteiger partial charge in [-0.2, -0.15) is 0 Å². The second kappa shape index (κ2) is 9.00. The molecule has 32 heavy (non-hydrogen) atoms. The average Bonchev–Trinajstić information content (AvgIpc) is 3.40. The largest absolute Gasteiger partial charge is 0.384 e. The zero-order valence-electron chi connectivity index (χ0n) is 18.5. The highest BCUT2D eigenvalue weighted by Gasteiger charge is 2.31. The molecule has 3 heterocycles. The van der Waals surface area contributed by atoms with Crippen molar-refractivity contribution in [2.45, 2.75) is 38.9 Å². The van der Waals surface area contributed by atoms with E-state index >= 15 is 0 Å². The molecular formula is C24H29N5O3. The Labute approximate surface area is 186 Å². The fourth-order valence-corrected chi connectivity index (χ4v) is 4.61. The highest BCUT2D eigenvalue weighted by Crippen LogP contribution is 2.31. The average molecular weight is 436 g/mol. The van der Waals surface area contributed by atoms with Gasteiger partial charge in [0.25, 0.3) is 5.56 Å². The van der Waals surface area contributed by atoms with Gasteiger partial charge in [-0.1, -0.05) is 30.3 Å². The summed E-state index contributed by atoms with van der Waals surface area (Å²) in [5.74, 6) is -0.411. The lowest BCUT2D eigenvalue weighted by molar-refractivity contribution is 0.0917. The zero-order chi connectivity index (χ0) is 22.8. The predicted octanol–water partition coefficient (Wildman–Crippen LogP) is 2.02. The van der Waals surface area contributed by atoms with Crippen LogP contribution in [0.5, 0.6) is 0 Å². The molecule has 0 saturated carbocycles. The molecule has 0 radical (unpaired) electrons. The van der Waals surface area contributed by atoms with Crippen LogP contribution in [-0.2, 0) is 20.1 Å². The molecule has 0 amide bonds. The van der Waals surface area contributed by atoms with Crippen LogP contribution < -0.4 is 17.0 Å². The van der Waals surface area contributed by atoms with E-state index in [2.05, 4.69) is 15.5 Å². The molecule has 0 aliphatic carbocycles. The number of ketones is 1. The van der Waals surface area contributed by atoms with Crippen LogP contribution in [0, 0.1) is 0 Å². The van der Waals surface area contributed by atoms with E-state index in [1.54, 1.807) is 6.92 Å².